The Morgan fingerprint density at radius 2 is 1.71 bits per heavy atom. The van der Waals surface area contributed by atoms with Crippen molar-refractivity contribution in [2.24, 2.45) is 5.73 Å². The van der Waals surface area contributed by atoms with Gasteiger partial charge in [-0.3, -0.25) is 9.59 Å². The largest absolute Gasteiger partial charge is 0.350 e. The highest BCUT2D eigenvalue weighted by Crippen LogP contribution is 2.18. The second-order valence-corrected chi connectivity index (χ2v) is 6.55. The number of halogens is 1. The second kappa shape index (κ2) is 8.97. The van der Waals surface area contributed by atoms with Gasteiger partial charge in [-0.15, -0.1) is 23.7 Å². The summed E-state index contributed by atoms with van der Waals surface area (Å²) in [5, 5.41) is 4.72. The maximum atomic E-state index is 12.6. The van der Waals surface area contributed by atoms with Gasteiger partial charge in [0.25, 0.3) is 5.91 Å². The van der Waals surface area contributed by atoms with E-state index in [0.29, 0.717) is 22.5 Å². The van der Waals surface area contributed by atoms with Crippen LogP contribution in [0.5, 0.6) is 0 Å². The van der Waals surface area contributed by atoms with Gasteiger partial charge >= 0.3 is 0 Å². The monoisotopic (exact) mass is 366 g/mol. The van der Waals surface area contributed by atoms with E-state index < -0.39 is 5.54 Å². The summed E-state index contributed by atoms with van der Waals surface area (Å²) in [5.41, 5.74) is 6.61. The summed E-state index contributed by atoms with van der Waals surface area (Å²) in [6.07, 6.45) is 1.55. The SMILES string of the molecule is CCC(N)(CC)CNC(=O)c1ccccc1C(=O)c1cccs1.Cl. The van der Waals surface area contributed by atoms with Crippen LogP contribution < -0.4 is 11.1 Å². The summed E-state index contributed by atoms with van der Waals surface area (Å²) in [6, 6.07) is 10.5. The zero-order chi connectivity index (χ0) is 16.9. The number of nitrogens with two attached hydrogens (primary N) is 1. The molecule has 0 aliphatic rings. The Balaban J connectivity index is 0.00000288. The average Bonchev–Trinajstić information content (AvgIpc) is 3.13. The lowest BCUT2D eigenvalue weighted by molar-refractivity contribution is 0.0932. The molecule has 0 atom stereocenters. The Hall–Kier alpha value is -1.69. The zero-order valence-electron chi connectivity index (χ0n) is 13.9. The van der Waals surface area contributed by atoms with E-state index in [4.69, 9.17) is 5.73 Å². The summed E-state index contributed by atoms with van der Waals surface area (Å²) in [4.78, 5) is 25.7. The Morgan fingerprint density at radius 3 is 2.25 bits per heavy atom. The van der Waals surface area contributed by atoms with Crippen LogP contribution in [-0.2, 0) is 0 Å². The normalized spacial score (nSPS) is 10.8. The third-order valence-corrected chi connectivity index (χ3v) is 5.04. The molecule has 0 saturated carbocycles. The predicted molar refractivity (Wildman–Crippen MR) is 101 cm³/mol. The lowest BCUT2D eigenvalue weighted by Crippen LogP contribution is -2.49. The molecule has 130 valence electrons. The van der Waals surface area contributed by atoms with Gasteiger partial charge in [0.1, 0.15) is 0 Å². The average molecular weight is 367 g/mol. The minimum Gasteiger partial charge on any atom is -0.350 e. The molecule has 0 fully saturated rings. The first-order valence-electron chi connectivity index (χ1n) is 7.75. The van der Waals surface area contributed by atoms with Crippen LogP contribution >= 0.6 is 23.7 Å². The number of rotatable bonds is 7. The summed E-state index contributed by atoms with van der Waals surface area (Å²) < 4.78 is 0. The van der Waals surface area contributed by atoms with Crippen molar-refractivity contribution in [1.82, 2.24) is 5.32 Å². The van der Waals surface area contributed by atoms with E-state index in [1.165, 1.54) is 11.3 Å². The number of hydrogen-bond acceptors (Lipinski definition) is 4. The molecular formula is C18H23ClN2O2S. The fourth-order valence-corrected chi connectivity index (χ4v) is 2.95. The molecule has 2 rings (SSSR count). The summed E-state index contributed by atoms with van der Waals surface area (Å²) in [7, 11) is 0. The molecule has 1 amide bonds. The van der Waals surface area contributed by atoms with Gasteiger partial charge in [-0.05, 0) is 30.4 Å². The van der Waals surface area contributed by atoms with Gasteiger partial charge in [-0.1, -0.05) is 38.1 Å². The summed E-state index contributed by atoms with van der Waals surface area (Å²) in [5.74, 6) is -0.391. The maximum absolute atomic E-state index is 12.6. The number of thiophene rings is 1. The molecule has 24 heavy (non-hydrogen) atoms. The number of hydrogen-bond donors (Lipinski definition) is 2. The van der Waals surface area contributed by atoms with Crippen molar-refractivity contribution in [3.63, 3.8) is 0 Å². The number of nitrogens with one attached hydrogen (secondary N) is 1. The maximum Gasteiger partial charge on any atom is 0.252 e. The van der Waals surface area contributed by atoms with Gasteiger partial charge in [0.2, 0.25) is 5.78 Å². The van der Waals surface area contributed by atoms with E-state index in [9.17, 15) is 9.59 Å². The smallest absolute Gasteiger partial charge is 0.252 e. The van der Waals surface area contributed by atoms with Gasteiger partial charge in [0.05, 0.1) is 10.4 Å². The van der Waals surface area contributed by atoms with Gasteiger partial charge in [-0.25, -0.2) is 0 Å². The molecular weight excluding hydrogens is 344 g/mol. The van der Waals surface area contributed by atoms with Gasteiger partial charge in [0, 0.05) is 17.6 Å². The third-order valence-electron chi connectivity index (χ3n) is 4.17. The van der Waals surface area contributed by atoms with E-state index in [1.807, 2.05) is 25.3 Å². The molecule has 0 saturated heterocycles. The Bertz CT molecular complexity index is 682. The van der Waals surface area contributed by atoms with E-state index in [1.54, 1.807) is 30.3 Å². The molecule has 3 N–H and O–H groups in total. The molecule has 0 radical (unpaired) electrons. The van der Waals surface area contributed by atoms with Crippen molar-refractivity contribution < 1.29 is 9.59 Å². The van der Waals surface area contributed by atoms with E-state index in [0.717, 1.165) is 12.8 Å². The molecule has 0 bridgehead atoms. The molecule has 2 aromatic rings. The summed E-state index contributed by atoms with van der Waals surface area (Å²) >= 11 is 1.37. The Labute approximate surface area is 152 Å². The van der Waals surface area contributed by atoms with Crippen LogP contribution in [0.2, 0.25) is 0 Å². The highest BCUT2D eigenvalue weighted by atomic mass is 35.5. The molecule has 4 nitrogen and oxygen atoms in total. The van der Waals surface area contributed by atoms with Crippen LogP contribution in [0.25, 0.3) is 0 Å². The van der Waals surface area contributed by atoms with Crippen molar-refractivity contribution in [3.05, 3.63) is 57.8 Å². The molecule has 1 aromatic heterocycles. The van der Waals surface area contributed by atoms with Crippen LogP contribution in [0.15, 0.2) is 41.8 Å². The quantitative estimate of drug-likeness (QED) is 0.734. The first kappa shape index (κ1) is 20.4. The van der Waals surface area contributed by atoms with Crippen LogP contribution in [0, 0.1) is 0 Å². The standard InChI is InChI=1S/C18H22N2O2S.ClH/c1-3-18(19,4-2)12-20-17(22)14-9-6-5-8-13(14)16(21)15-10-7-11-23-15;/h5-11H,3-4,12,19H2,1-2H3,(H,20,22);1H. The number of amides is 1. The highest BCUT2D eigenvalue weighted by Gasteiger charge is 2.23. The van der Waals surface area contributed by atoms with Crippen molar-refractivity contribution in [3.8, 4) is 0 Å². The number of carbonyl (C=O) groups excluding carboxylic acids is 2. The van der Waals surface area contributed by atoms with Crippen molar-refractivity contribution in [2.75, 3.05) is 6.54 Å². The summed E-state index contributed by atoms with van der Waals surface area (Å²) in [6.45, 7) is 4.40. The number of ketones is 1. The van der Waals surface area contributed by atoms with Gasteiger partial charge < -0.3 is 11.1 Å². The molecule has 0 unspecified atom stereocenters. The molecule has 0 aliphatic heterocycles. The fourth-order valence-electron chi connectivity index (χ4n) is 2.27. The van der Waals surface area contributed by atoms with Crippen LogP contribution in [-0.4, -0.2) is 23.8 Å². The Morgan fingerprint density at radius 1 is 1.08 bits per heavy atom. The van der Waals surface area contributed by atoms with E-state index in [2.05, 4.69) is 5.32 Å². The van der Waals surface area contributed by atoms with Gasteiger partial charge in [0.15, 0.2) is 0 Å². The number of benzene rings is 1. The Kier molecular flexibility index (Phi) is 7.60. The molecule has 0 aliphatic carbocycles. The molecule has 6 heteroatoms. The van der Waals surface area contributed by atoms with Gasteiger partial charge in [-0.2, -0.15) is 0 Å². The van der Waals surface area contributed by atoms with Crippen molar-refractivity contribution >= 4 is 35.4 Å². The lowest BCUT2D eigenvalue weighted by atomic mass is 9.94. The third kappa shape index (κ3) is 4.66. The topological polar surface area (TPSA) is 72.2 Å². The van der Waals surface area contributed by atoms with E-state index >= 15 is 0 Å². The first-order valence-corrected chi connectivity index (χ1v) is 8.63. The van der Waals surface area contributed by atoms with Crippen LogP contribution in [0.4, 0.5) is 0 Å². The minimum absolute atomic E-state index is 0. The van der Waals surface area contributed by atoms with Crippen LogP contribution in [0.3, 0.4) is 0 Å². The minimum atomic E-state index is -0.414. The van der Waals surface area contributed by atoms with E-state index in [-0.39, 0.29) is 24.1 Å². The van der Waals surface area contributed by atoms with Crippen LogP contribution in [0.1, 0.15) is 52.3 Å². The lowest BCUT2D eigenvalue weighted by Gasteiger charge is -2.27. The molecule has 1 heterocycles. The number of carbonyl (C=O) groups is 2. The zero-order valence-corrected chi connectivity index (χ0v) is 15.5. The van der Waals surface area contributed by atoms with Crippen molar-refractivity contribution in [1.29, 1.82) is 0 Å². The van der Waals surface area contributed by atoms with Crippen molar-refractivity contribution in [2.45, 2.75) is 32.2 Å². The molecule has 1 aromatic carbocycles. The predicted octanol–water partition coefficient (Wildman–Crippen LogP) is 3.65. The highest BCUT2D eigenvalue weighted by molar-refractivity contribution is 7.12. The first-order chi connectivity index (χ1) is 11.0. The fraction of sp³-hybridized carbons (Fsp3) is 0.333. The molecule has 0 spiro atoms. The second-order valence-electron chi connectivity index (χ2n) is 5.60.